The summed E-state index contributed by atoms with van der Waals surface area (Å²) in [6.45, 7) is 6.21. The Morgan fingerprint density at radius 2 is 2.11 bits per heavy atom. The van der Waals surface area contributed by atoms with E-state index in [9.17, 15) is 0 Å². The van der Waals surface area contributed by atoms with Gasteiger partial charge in [-0.05, 0) is 37.8 Å². The average molecular weight is 245 g/mol. The Kier molecular flexibility index (Phi) is 4.02. The van der Waals surface area contributed by atoms with E-state index in [2.05, 4.69) is 36.9 Å². The molecule has 1 aromatic rings. The second kappa shape index (κ2) is 5.53. The van der Waals surface area contributed by atoms with Crippen molar-refractivity contribution in [3.05, 3.63) is 34.9 Å². The van der Waals surface area contributed by atoms with E-state index in [0.717, 1.165) is 13.1 Å². The molecule has 0 aromatic heterocycles. The largest absolute Gasteiger partial charge is 0.388 e. The third kappa shape index (κ3) is 3.57. The molecule has 1 saturated carbocycles. The Labute approximate surface area is 109 Å². The maximum Gasteiger partial charge on any atom is 0.0918 e. The monoisotopic (exact) mass is 245 g/mol. The SMILES string of the molecule is Cc1ccc(C)c(CN(CCC(=N)N)C2CC2)c1. The lowest BCUT2D eigenvalue weighted by molar-refractivity contribution is 0.261. The maximum absolute atomic E-state index is 7.36. The Hall–Kier alpha value is -1.35. The average Bonchev–Trinajstić information content (AvgIpc) is 3.12. The van der Waals surface area contributed by atoms with Crippen molar-refractivity contribution in [3.63, 3.8) is 0 Å². The van der Waals surface area contributed by atoms with E-state index in [1.807, 2.05) is 0 Å². The fourth-order valence-corrected chi connectivity index (χ4v) is 2.28. The van der Waals surface area contributed by atoms with Crippen LogP contribution in [0.4, 0.5) is 0 Å². The van der Waals surface area contributed by atoms with Crippen molar-refractivity contribution >= 4 is 5.84 Å². The molecule has 98 valence electrons. The lowest BCUT2D eigenvalue weighted by Crippen LogP contribution is -2.29. The van der Waals surface area contributed by atoms with E-state index in [1.54, 1.807) is 0 Å². The zero-order chi connectivity index (χ0) is 13.1. The summed E-state index contributed by atoms with van der Waals surface area (Å²) in [5.74, 6) is 0.293. The maximum atomic E-state index is 7.36. The van der Waals surface area contributed by atoms with Gasteiger partial charge in [-0.25, -0.2) is 0 Å². The van der Waals surface area contributed by atoms with Gasteiger partial charge in [0.25, 0.3) is 0 Å². The molecule has 0 bridgehead atoms. The molecule has 0 unspecified atom stereocenters. The highest BCUT2D eigenvalue weighted by atomic mass is 15.2. The van der Waals surface area contributed by atoms with Gasteiger partial charge in [0.05, 0.1) is 5.84 Å². The summed E-state index contributed by atoms with van der Waals surface area (Å²) in [5, 5.41) is 7.36. The van der Waals surface area contributed by atoms with Gasteiger partial charge in [-0.2, -0.15) is 0 Å². The highest BCUT2D eigenvalue weighted by Crippen LogP contribution is 2.29. The van der Waals surface area contributed by atoms with Crippen molar-refractivity contribution < 1.29 is 0 Å². The molecule has 18 heavy (non-hydrogen) atoms. The van der Waals surface area contributed by atoms with E-state index in [1.165, 1.54) is 29.5 Å². The van der Waals surface area contributed by atoms with Gasteiger partial charge >= 0.3 is 0 Å². The van der Waals surface area contributed by atoms with Crippen LogP contribution in [0.3, 0.4) is 0 Å². The van der Waals surface area contributed by atoms with Crippen LogP contribution in [-0.4, -0.2) is 23.3 Å². The first-order valence-corrected chi connectivity index (χ1v) is 6.69. The third-order valence-electron chi connectivity index (χ3n) is 3.61. The van der Waals surface area contributed by atoms with Crippen molar-refractivity contribution in [1.82, 2.24) is 4.90 Å². The smallest absolute Gasteiger partial charge is 0.0918 e. The zero-order valence-corrected chi connectivity index (χ0v) is 11.4. The number of amidine groups is 1. The molecule has 0 amide bonds. The number of benzene rings is 1. The molecule has 1 aliphatic carbocycles. The Morgan fingerprint density at radius 1 is 1.39 bits per heavy atom. The van der Waals surface area contributed by atoms with Crippen LogP contribution in [0, 0.1) is 19.3 Å². The van der Waals surface area contributed by atoms with Crippen LogP contribution < -0.4 is 5.73 Å². The molecule has 3 N–H and O–H groups in total. The molecule has 2 rings (SSSR count). The molecule has 0 saturated heterocycles. The van der Waals surface area contributed by atoms with Gasteiger partial charge in [0.2, 0.25) is 0 Å². The van der Waals surface area contributed by atoms with Crippen LogP contribution >= 0.6 is 0 Å². The van der Waals surface area contributed by atoms with E-state index in [-0.39, 0.29) is 0 Å². The van der Waals surface area contributed by atoms with Gasteiger partial charge < -0.3 is 5.73 Å². The van der Waals surface area contributed by atoms with Crippen LogP contribution in [0.15, 0.2) is 18.2 Å². The molecule has 0 radical (unpaired) electrons. The van der Waals surface area contributed by atoms with Crippen LogP contribution in [0.1, 0.15) is 36.0 Å². The topological polar surface area (TPSA) is 53.1 Å². The molecule has 0 spiro atoms. The second-order valence-electron chi connectivity index (χ2n) is 5.41. The predicted molar refractivity (Wildman–Crippen MR) is 75.9 cm³/mol. The number of hydrogen-bond donors (Lipinski definition) is 2. The fraction of sp³-hybridized carbons (Fsp3) is 0.533. The van der Waals surface area contributed by atoms with Gasteiger partial charge in [-0.15, -0.1) is 0 Å². The summed E-state index contributed by atoms with van der Waals surface area (Å²) in [6, 6.07) is 7.35. The summed E-state index contributed by atoms with van der Waals surface area (Å²) in [5.41, 5.74) is 9.55. The normalized spacial score (nSPS) is 15.1. The molecular weight excluding hydrogens is 222 g/mol. The van der Waals surface area contributed by atoms with Gasteiger partial charge in [-0.1, -0.05) is 23.8 Å². The van der Waals surface area contributed by atoms with E-state index >= 15 is 0 Å². The predicted octanol–water partition coefficient (Wildman–Crippen LogP) is 2.59. The van der Waals surface area contributed by atoms with Gasteiger partial charge in [0.1, 0.15) is 0 Å². The highest BCUT2D eigenvalue weighted by molar-refractivity contribution is 5.76. The first kappa shape index (κ1) is 13.1. The van der Waals surface area contributed by atoms with Crippen molar-refractivity contribution in [2.24, 2.45) is 5.73 Å². The number of aryl methyl sites for hydroxylation is 2. The summed E-state index contributed by atoms with van der Waals surface area (Å²) in [7, 11) is 0. The first-order valence-electron chi connectivity index (χ1n) is 6.69. The van der Waals surface area contributed by atoms with Crippen LogP contribution in [0.25, 0.3) is 0 Å². The number of nitrogens with zero attached hydrogens (tertiary/aromatic N) is 1. The van der Waals surface area contributed by atoms with E-state index < -0.39 is 0 Å². The Morgan fingerprint density at radius 3 is 2.72 bits per heavy atom. The first-order chi connectivity index (χ1) is 8.56. The van der Waals surface area contributed by atoms with Crippen LogP contribution in [0.5, 0.6) is 0 Å². The van der Waals surface area contributed by atoms with Crippen molar-refractivity contribution in [1.29, 1.82) is 5.41 Å². The number of nitrogens with two attached hydrogens (primary N) is 1. The molecular formula is C15H23N3. The minimum Gasteiger partial charge on any atom is -0.388 e. The van der Waals surface area contributed by atoms with E-state index in [0.29, 0.717) is 18.3 Å². The highest BCUT2D eigenvalue weighted by Gasteiger charge is 2.28. The molecule has 1 aromatic carbocycles. The Balaban J connectivity index is 2.03. The zero-order valence-electron chi connectivity index (χ0n) is 11.4. The molecule has 1 fully saturated rings. The van der Waals surface area contributed by atoms with Crippen LogP contribution in [-0.2, 0) is 6.54 Å². The lowest BCUT2D eigenvalue weighted by atomic mass is 10.0. The molecule has 3 nitrogen and oxygen atoms in total. The number of rotatable bonds is 6. The summed E-state index contributed by atoms with van der Waals surface area (Å²) in [4.78, 5) is 2.48. The number of nitrogens with one attached hydrogen (secondary N) is 1. The van der Waals surface area contributed by atoms with Crippen molar-refractivity contribution in [3.8, 4) is 0 Å². The third-order valence-corrected chi connectivity index (χ3v) is 3.61. The van der Waals surface area contributed by atoms with Crippen LogP contribution in [0.2, 0.25) is 0 Å². The summed E-state index contributed by atoms with van der Waals surface area (Å²) >= 11 is 0. The molecule has 3 heteroatoms. The molecule has 0 heterocycles. The minimum atomic E-state index is 0.293. The standard InChI is InChI=1S/C15H23N3/c1-11-3-4-12(2)13(9-11)10-18(14-5-6-14)8-7-15(16)17/h3-4,9,14H,5-8,10H2,1-2H3,(H3,16,17). The fourth-order valence-electron chi connectivity index (χ4n) is 2.28. The molecule has 0 atom stereocenters. The summed E-state index contributed by atoms with van der Waals surface area (Å²) < 4.78 is 0. The molecule has 0 aliphatic heterocycles. The number of hydrogen-bond acceptors (Lipinski definition) is 2. The van der Waals surface area contributed by atoms with Crippen molar-refractivity contribution in [2.45, 2.75) is 45.7 Å². The quantitative estimate of drug-likeness (QED) is 0.598. The van der Waals surface area contributed by atoms with Gasteiger partial charge in [0, 0.05) is 25.6 Å². The lowest BCUT2D eigenvalue weighted by Gasteiger charge is -2.23. The van der Waals surface area contributed by atoms with E-state index in [4.69, 9.17) is 11.1 Å². The second-order valence-corrected chi connectivity index (χ2v) is 5.41. The molecule has 1 aliphatic rings. The van der Waals surface area contributed by atoms with Crippen molar-refractivity contribution in [2.75, 3.05) is 6.54 Å². The van der Waals surface area contributed by atoms with Gasteiger partial charge in [0.15, 0.2) is 0 Å². The van der Waals surface area contributed by atoms with Gasteiger partial charge in [-0.3, -0.25) is 10.3 Å². The minimum absolute atomic E-state index is 0.293. The summed E-state index contributed by atoms with van der Waals surface area (Å²) in [6.07, 6.45) is 3.27. The Bertz CT molecular complexity index is 435.